The molecule has 3 heterocycles. The van der Waals surface area contributed by atoms with Gasteiger partial charge in [0.05, 0.1) is 11.9 Å². The Morgan fingerprint density at radius 3 is 2.44 bits per heavy atom. The van der Waals surface area contributed by atoms with Crippen LogP contribution in [0.15, 0.2) is 18.3 Å². The van der Waals surface area contributed by atoms with Gasteiger partial charge in [-0.2, -0.15) is 18.3 Å². The van der Waals surface area contributed by atoms with Gasteiger partial charge in [-0.1, -0.05) is 0 Å². The smallest absolute Gasteiger partial charge is 0.337 e. The molecule has 1 fully saturated rings. The molecule has 132 valence electrons. The molecule has 4 rings (SSSR count). The summed E-state index contributed by atoms with van der Waals surface area (Å²) >= 11 is 0. The number of nitrogens with zero attached hydrogens (tertiary/aromatic N) is 4. The molecule has 2 aromatic rings. The van der Waals surface area contributed by atoms with Crippen molar-refractivity contribution in [2.45, 2.75) is 38.3 Å². The molecular formula is C17H17F3N4O. The highest BCUT2D eigenvalue weighted by molar-refractivity contribution is 5.92. The van der Waals surface area contributed by atoms with Crippen LogP contribution in [0.5, 0.6) is 0 Å². The lowest BCUT2D eigenvalue weighted by Gasteiger charge is -2.30. The SMILES string of the molecule is O=C(c1ccc(-n2nc(C(F)(F)F)c3c2CCCC3)cn1)N1CCC1. The third-order valence-electron chi connectivity index (χ3n) is 4.80. The standard InChI is InChI=1S/C17H17F3N4O/c18-17(19,20)15-12-4-1-2-5-14(12)24(22-15)11-6-7-13(21-10-11)16(25)23-8-3-9-23/h6-7,10H,1-5,8-9H2. The Hall–Kier alpha value is -2.38. The number of halogens is 3. The summed E-state index contributed by atoms with van der Waals surface area (Å²) in [4.78, 5) is 18.0. The van der Waals surface area contributed by atoms with Crippen LogP contribution in [0.4, 0.5) is 13.2 Å². The maximum atomic E-state index is 13.3. The van der Waals surface area contributed by atoms with Crippen LogP contribution in [0.25, 0.3) is 5.69 Å². The van der Waals surface area contributed by atoms with Crippen molar-refractivity contribution >= 4 is 5.91 Å². The lowest BCUT2D eigenvalue weighted by Crippen LogP contribution is -2.42. The van der Waals surface area contributed by atoms with Crippen molar-refractivity contribution in [3.63, 3.8) is 0 Å². The number of pyridine rings is 1. The molecule has 0 N–H and O–H groups in total. The van der Waals surface area contributed by atoms with E-state index in [0.717, 1.165) is 32.4 Å². The fourth-order valence-corrected chi connectivity index (χ4v) is 3.36. The lowest BCUT2D eigenvalue weighted by molar-refractivity contribution is -0.142. The van der Waals surface area contributed by atoms with E-state index in [0.29, 0.717) is 35.5 Å². The summed E-state index contributed by atoms with van der Waals surface area (Å²) in [5, 5.41) is 3.83. The number of alkyl halides is 3. The van der Waals surface area contributed by atoms with E-state index in [4.69, 9.17) is 0 Å². The van der Waals surface area contributed by atoms with Crippen LogP contribution in [-0.4, -0.2) is 38.7 Å². The Kier molecular flexibility index (Phi) is 3.77. The van der Waals surface area contributed by atoms with Crippen LogP contribution < -0.4 is 0 Å². The van der Waals surface area contributed by atoms with E-state index in [2.05, 4.69) is 10.1 Å². The number of likely N-dealkylation sites (tertiary alicyclic amines) is 1. The number of rotatable bonds is 2. The van der Waals surface area contributed by atoms with Gasteiger partial charge in [0.15, 0.2) is 5.69 Å². The Morgan fingerprint density at radius 1 is 1.08 bits per heavy atom. The Bertz CT molecular complexity index is 807. The highest BCUT2D eigenvalue weighted by Crippen LogP contribution is 2.36. The zero-order chi connectivity index (χ0) is 17.6. The third-order valence-corrected chi connectivity index (χ3v) is 4.80. The predicted molar refractivity (Wildman–Crippen MR) is 83.5 cm³/mol. The largest absolute Gasteiger partial charge is 0.435 e. The molecule has 0 bridgehead atoms. The van der Waals surface area contributed by atoms with E-state index in [-0.39, 0.29) is 5.91 Å². The van der Waals surface area contributed by atoms with Gasteiger partial charge in [-0.15, -0.1) is 0 Å². The van der Waals surface area contributed by atoms with Crippen LogP contribution in [-0.2, 0) is 19.0 Å². The molecule has 1 aliphatic carbocycles. The summed E-state index contributed by atoms with van der Waals surface area (Å²) < 4.78 is 41.1. The first-order valence-electron chi connectivity index (χ1n) is 8.39. The summed E-state index contributed by atoms with van der Waals surface area (Å²) in [7, 11) is 0. The molecule has 1 aliphatic heterocycles. The molecule has 1 saturated heterocycles. The second-order valence-electron chi connectivity index (χ2n) is 6.44. The molecular weight excluding hydrogens is 333 g/mol. The van der Waals surface area contributed by atoms with Gasteiger partial charge < -0.3 is 4.90 Å². The zero-order valence-electron chi connectivity index (χ0n) is 13.5. The van der Waals surface area contributed by atoms with E-state index in [9.17, 15) is 18.0 Å². The van der Waals surface area contributed by atoms with Crippen molar-refractivity contribution in [1.82, 2.24) is 19.7 Å². The van der Waals surface area contributed by atoms with Gasteiger partial charge in [0.25, 0.3) is 5.91 Å². The lowest BCUT2D eigenvalue weighted by atomic mass is 9.95. The van der Waals surface area contributed by atoms with E-state index >= 15 is 0 Å². The summed E-state index contributed by atoms with van der Waals surface area (Å²) in [5.41, 5.74) is 0.846. The van der Waals surface area contributed by atoms with Gasteiger partial charge in [-0.05, 0) is 44.2 Å². The minimum atomic E-state index is -4.46. The van der Waals surface area contributed by atoms with Crippen molar-refractivity contribution in [2.75, 3.05) is 13.1 Å². The first-order valence-corrected chi connectivity index (χ1v) is 8.39. The van der Waals surface area contributed by atoms with Gasteiger partial charge in [-0.3, -0.25) is 4.79 Å². The Labute approximate surface area is 142 Å². The summed E-state index contributed by atoms with van der Waals surface area (Å²) in [6.45, 7) is 1.45. The number of amides is 1. The minimum absolute atomic E-state index is 0.142. The topological polar surface area (TPSA) is 51.0 Å². The molecule has 2 aliphatic rings. The number of fused-ring (bicyclic) bond motifs is 1. The fourth-order valence-electron chi connectivity index (χ4n) is 3.36. The molecule has 0 atom stereocenters. The fraction of sp³-hybridized carbons (Fsp3) is 0.471. The normalized spacial score (nSPS) is 17.2. The van der Waals surface area contributed by atoms with Gasteiger partial charge >= 0.3 is 6.18 Å². The Balaban J connectivity index is 1.70. The average Bonchev–Trinajstić information content (AvgIpc) is 2.93. The summed E-state index contributed by atoms with van der Waals surface area (Å²) in [5.74, 6) is -0.142. The number of carbonyl (C=O) groups excluding carboxylic acids is 1. The summed E-state index contributed by atoms with van der Waals surface area (Å²) in [6, 6.07) is 3.17. The van der Waals surface area contributed by atoms with E-state index in [1.54, 1.807) is 17.0 Å². The number of hydrogen-bond acceptors (Lipinski definition) is 3. The third kappa shape index (κ3) is 2.79. The molecule has 25 heavy (non-hydrogen) atoms. The van der Waals surface area contributed by atoms with E-state index in [1.165, 1.54) is 10.9 Å². The first kappa shape index (κ1) is 16.1. The van der Waals surface area contributed by atoms with E-state index in [1.807, 2.05) is 0 Å². The maximum absolute atomic E-state index is 13.3. The quantitative estimate of drug-likeness (QED) is 0.837. The van der Waals surface area contributed by atoms with Crippen LogP contribution in [0.1, 0.15) is 46.7 Å². The van der Waals surface area contributed by atoms with Crippen LogP contribution in [0.2, 0.25) is 0 Å². The molecule has 0 spiro atoms. The Morgan fingerprint density at radius 2 is 1.84 bits per heavy atom. The van der Waals surface area contributed by atoms with Gasteiger partial charge in [0.1, 0.15) is 5.69 Å². The van der Waals surface area contributed by atoms with Crippen molar-refractivity contribution in [3.05, 3.63) is 41.0 Å². The van der Waals surface area contributed by atoms with E-state index < -0.39 is 11.9 Å². The highest BCUT2D eigenvalue weighted by Gasteiger charge is 2.39. The average molecular weight is 350 g/mol. The van der Waals surface area contributed by atoms with Crippen LogP contribution in [0, 0.1) is 0 Å². The molecule has 8 heteroatoms. The van der Waals surface area contributed by atoms with Gasteiger partial charge in [0, 0.05) is 24.3 Å². The van der Waals surface area contributed by atoms with Crippen molar-refractivity contribution in [1.29, 1.82) is 0 Å². The van der Waals surface area contributed by atoms with Crippen LogP contribution in [0.3, 0.4) is 0 Å². The zero-order valence-corrected chi connectivity index (χ0v) is 13.5. The van der Waals surface area contributed by atoms with Crippen molar-refractivity contribution in [3.8, 4) is 5.69 Å². The molecule has 5 nitrogen and oxygen atoms in total. The van der Waals surface area contributed by atoms with Crippen molar-refractivity contribution < 1.29 is 18.0 Å². The molecule has 1 amide bonds. The second-order valence-corrected chi connectivity index (χ2v) is 6.44. The highest BCUT2D eigenvalue weighted by atomic mass is 19.4. The molecule has 0 radical (unpaired) electrons. The van der Waals surface area contributed by atoms with Gasteiger partial charge in [0.2, 0.25) is 0 Å². The predicted octanol–water partition coefficient (Wildman–Crippen LogP) is 3.01. The number of aromatic nitrogens is 3. The molecule has 2 aromatic heterocycles. The number of hydrogen-bond donors (Lipinski definition) is 0. The second kappa shape index (κ2) is 5.86. The minimum Gasteiger partial charge on any atom is -0.337 e. The number of carbonyl (C=O) groups is 1. The molecule has 0 saturated carbocycles. The van der Waals surface area contributed by atoms with Crippen LogP contribution >= 0.6 is 0 Å². The molecule has 0 aromatic carbocycles. The maximum Gasteiger partial charge on any atom is 0.435 e. The monoisotopic (exact) mass is 350 g/mol. The summed E-state index contributed by atoms with van der Waals surface area (Å²) in [6.07, 6.45) is 0.486. The first-order chi connectivity index (χ1) is 11.9. The van der Waals surface area contributed by atoms with Crippen molar-refractivity contribution in [2.24, 2.45) is 0 Å². The molecule has 0 unspecified atom stereocenters. The van der Waals surface area contributed by atoms with Gasteiger partial charge in [-0.25, -0.2) is 9.67 Å².